The second kappa shape index (κ2) is 10.0. The lowest BCUT2D eigenvalue weighted by Gasteiger charge is -2.19. The Labute approximate surface area is 201 Å². The summed E-state index contributed by atoms with van der Waals surface area (Å²) in [6.45, 7) is 3.37. The number of hydrogen-bond acceptors (Lipinski definition) is 5. The summed E-state index contributed by atoms with van der Waals surface area (Å²) in [6.07, 6.45) is 0.286. The van der Waals surface area contributed by atoms with Gasteiger partial charge in [-0.2, -0.15) is 5.26 Å². The Bertz CT molecular complexity index is 1530. The number of nitriles is 1. The lowest BCUT2D eigenvalue weighted by atomic mass is 10.1. The van der Waals surface area contributed by atoms with Gasteiger partial charge in [0, 0.05) is 17.7 Å². The standard InChI is InChI=1S/C27H23N5O3/c1-3-24(33)30-21-12-5-4-11-20(21)25-27(35)32(23-14-7-6-13-22(23)31-25)17(2)26(34)29-19-10-8-9-18(15-19)16-28/h4-15,17H,3H2,1-2H3,(H,29,34)(H,30,33)/t17-/m0/s1. The molecular weight excluding hydrogens is 442 g/mol. The smallest absolute Gasteiger partial charge is 0.278 e. The summed E-state index contributed by atoms with van der Waals surface area (Å²) in [6, 6.07) is 21.7. The number of fused-ring (bicyclic) bond motifs is 1. The first-order valence-electron chi connectivity index (χ1n) is 11.1. The number of para-hydroxylation sites is 3. The van der Waals surface area contributed by atoms with Crippen LogP contribution in [0.5, 0.6) is 0 Å². The Kier molecular flexibility index (Phi) is 6.69. The summed E-state index contributed by atoms with van der Waals surface area (Å²) < 4.78 is 1.40. The molecule has 3 aromatic carbocycles. The molecule has 0 aliphatic heterocycles. The molecule has 0 aliphatic rings. The molecule has 4 aromatic rings. The van der Waals surface area contributed by atoms with Crippen molar-refractivity contribution < 1.29 is 9.59 Å². The number of carbonyl (C=O) groups excluding carboxylic acids is 2. The Hall–Kier alpha value is -4.77. The van der Waals surface area contributed by atoms with E-state index in [0.29, 0.717) is 33.5 Å². The highest BCUT2D eigenvalue weighted by molar-refractivity contribution is 5.96. The molecular formula is C27H23N5O3. The predicted molar refractivity (Wildman–Crippen MR) is 135 cm³/mol. The van der Waals surface area contributed by atoms with Gasteiger partial charge in [0.1, 0.15) is 11.7 Å². The zero-order valence-corrected chi connectivity index (χ0v) is 19.3. The number of carbonyl (C=O) groups is 2. The van der Waals surface area contributed by atoms with Crippen LogP contribution in [0.2, 0.25) is 0 Å². The molecule has 0 bridgehead atoms. The van der Waals surface area contributed by atoms with Gasteiger partial charge in [-0.05, 0) is 43.3 Å². The van der Waals surface area contributed by atoms with Gasteiger partial charge >= 0.3 is 0 Å². The van der Waals surface area contributed by atoms with Gasteiger partial charge in [0.25, 0.3) is 5.56 Å². The van der Waals surface area contributed by atoms with Gasteiger partial charge < -0.3 is 10.6 Å². The molecule has 0 radical (unpaired) electrons. The molecule has 4 rings (SSSR count). The molecule has 0 saturated heterocycles. The first kappa shape index (κ1) is 23.4. The van der Waals surface area contributed by atoms with Crippen molar-refractivity contribution in [3.63, 3.8) is 0 Å². The van der Waals surface area contributed by atoms with Gasteiger partial charge in [0.05, 0.1) is 28.4 Å². The van der Waals surface area contributed by atoms with E-state index in [0.717, 1.165) is 0 Å². The highest BCUT2D eigenvalue weighted by Crippen LogP contribution is 2.27. The molecule has 2 amide bonds. The van der Waals surface area contributed by atoms with Crippen molar-refractivity contribution in [1.29, 1.82) is 5.26 Å². The van der Waals surface area contributed by atoms with Crippen LogP contribution in [-0.2, 0) is 9.59 Å². The van der Waals surface area contributed by atoms with Gasteiger partial charge in [-0.15, -0.1) is 0 Å². The van der Waals surface area contributed by atoms with E-state index in [1.807, 2.05) is 6.07 Å². The van der Waals surface area contributed by atoms with Crippen molar-refractivity contribution >= 4 is 34.2 Å². The maximum atomic E-state index is 13.8. The number of hydrogen-bond donors (Lipinski definition) is 2. The number of rotatable bonds is 6. The molecule has 8 heteroatoms. The Morgan fingerprint density at radius 3 is 2.54 bits per heavy atom. The minimum atomic E-state index is -0.891. The van der Waals surface area contributed by atoms with Crippen molar-refractivity contribution in [3.05, 3.63) is 88.7 Å². The van der Waals surface area contributed by atoms with Crippen LogP contribution in [0.15, 0.2) is 77.6 Å². The highest BCUT2D eigenvalue weighted by Gasteiger charge is 2.23. The van der Waals surface area contributed by atoms with Gasteiger partial charge in [0.15, 0.2) is 0 Å². The largest absolute Gasteiger partial charge is 0.325 e. The summed E-state index contributed by atoms with van der Waals surface area (Å²) in [5, 5.41) is 14.7. The average Bonchev–Trinajstić information content (AvgIpc) is 2.88. The van der Waals surface area contributed by atoms with Crippen LogP contribution in [0.3, 0.4) is 0 Å². The molecule has 174 valence electrons. The van der Waals surface area contributed by atoms with Crippen LogP contribution in [0.25, 0.3) is 22.3 Å². The summed E-state index contributed by atoms with van der Waals surface area (Å²) >= 11 is 0. The van der Waals surface area contributed by atoms with Crippen molar-refractivity contribution in [2.24, 2.45) is 0 Å². The number of nitrogens with one attached hydrogen (secondary N) is 2. The van der Waals surface area contributed by atoms with Crippen LogP contribution in [0, 0.1) is 11.3 Å². The lowest BCUT2D eigenvalue weighted by Crippen LogP contribution is -2.33. The SMILES string of the molecule is CCC(=O)Nc1ccccc1-c1nc2ccccc2n([C@@H](C)C(=O)Nc2cccc(C#N)c2)c1=O. The average molecular weight is 466 g/mol. The second-order valence-electron chi connectivity index (χ2n) is 7.93. The normalized spacial score (nSPS) is 11.5. The fourth-order valence-corrected chi connectivity index (χ4v) is 3.78. The zero-order valence-electron chi connectivity index (χ0n) is 19.3. The van der Waals surface area contributed by atoms with Crippen molar-refractivity contribution in [3.8, 4) is 17.3 Å². The predicted octanol–water partition coefficient (Wildman–Crippen LogP) is 4.48. The van der Waals surface area contributed by atoms with Crippen molar-refractivity contribution in [2.45, 2.75) is 26.3 Å². The van der Waals surface area contributed by atoms with E-state index in [2.05, 4.69) is 15.6 Å². The molecule has 0 saturated carbocycles. The fourth-order valence-electron chi connectivity index (χ4n) is 3.78. The number of nitrogens with zero attached hydrogens (tertiary/aromatic N) is 3. The van der Waals surface area contributed by atoms with Crippen LogP contribution in [-0.4, -0.2) is 21.4 Å². The molecule has 0 fully saturated rings. The summed E-state index contributed by atoms with van der Waals surface area (Å²) in [7, 11) is 0. The van der Waals surface area contributed by atoms with Gasteiger partial charge in [-0.1, -0.05) is 43.3 Å². The molecule has 1 atom stereocenters. The topological polar surface area (TPSA) is 117 Å². The second-order valence-corrected chi connectivity index (χ2v) is 7.93. The third kappa shape index (κ3) is 4.80. The molecule has 0 spiro atoms. The van der Waals surface area contributed by atoms with Crippen LogP contribution < -0.4 is 16.2 Å². The molecule has 0 unspecified atom stereocenters. The van der Waals surface area contributed by atoms with Crippen molar-refractivity contribution in [2.75, 3.05) is 10.6 Å². The van der Waals surface area contributed by atoms with Gasteiger partial charge in [0.2, 0.25) is 11.8 Å². The Morgan fingerprint density at radius 2 is 1.77 bits per heavy atom. The highest BCUT2D eigenvalue weighted by atomic mass is 16.2. The van der Waals surface area contributed by atoms with Crippen LogP contribution in [0.1, 0.15) is 31.9 Å². The number of anilines is 2. The number of aromatic nitrogens is 2. The number of benzene rings is 3. The molecule has 8 nitrogen and oxygen atoms in total. The van der Waals surface area contributed by atoms with E-state index in [4.69, 9.17) is 5.26 Å². The number of amides is 2. The third-order valence-electron chi connectivity index (χ3n) is 5.60. The maximum absolute atomic E-state index is 13.8. The van der Waals surface area contributed by atoms with E-state index >= 15 is 0 Å². The first-order chi connectivity index (χ1) is 16.9. The summed E-state index contributed by atoms with van der Waals surface area (Å²) in [4.78, 5) is 43.6. The summed E-state index contributed by atoms with van der Waals surface area (Å²) in [5.74, 6) is -0.608. The lowest BCUT2D eigenvalue weighted by molar-refractivity contribution is -0.119. The van der Waals surface area contributed by atoms with Crippen molar-refractivity contribution in [1.82, 2.24) is 9.55 Å². The summed E-state index contributed by atoms with van der Waals surface area (Å²) in [5.41, 5.74) is 2.51. The third-order valence-corrected chi connectivity index (χ3v) is 5.60. The molecule has 1 heterocycles. The first-order valence-corrected chi connectivity index (χ1v) is 11.1. The van der Waals surface area contributed by atoms with E-state index in [1.54, 1.807) is 86.6 Å². The van der Waals surface area contributed by atoms with E-state index in [9.17, 15) is 14.4 Å². The molecule has 1 aromatic heterocycles. The minimum absolute atomic E-state index is 0.127. The molecule has 2 N–H and O–H groups in total. The van der Waals surface area contributed by atoms with Gasteiger partial charge in [-0.3, -0.25) is 19.0 Å². The van der Waals surface area contributed by atoms with Crippen LogP contribution >= 0.6 is 0 Å². The minimum Gasteiger partial charge on any atom is -0.325 e. The van der Waals surface area contributed by atoms with E-state index < -0.39 is 17.5 Å². The Morgan fingerprint density at radius 1 is 1.03 bits per heavy atom. The monoisotopic (exact) mass is 465 g/mol. The Balaban J connectivity index is 1.83. The van der Waals surface area contributed by atoms with E-state index in [-0.39, 0.29) is 18.0 Å². The molecule has 0 aliphatic carbocycles. The molecule has 35 heavy (non-hydrogen) atoms. The zero-order chi connectivity index (χ0) is 24.9. The maximum Gasteiger partial charge on any atom is 0.278 e. The van der Waals surface area contributed by atoms with Gasteiger partial charge in [-0.25, -0.2) is 4.98 Å². The van der Waals surface area contributed by atoms with E-state index in [1.165, 1.54) is 4.57 Å². The quantitative estimate of drug-likeness (QED) is 0.435. The fraction of sp³-hybridized carbons (Fsp3) is 0.148. The van der Waals surface area contributed by atoms with Crippen LogP contribution in [0.4, 0.5) is 11.4 Å².